The lowest BCUT2D eigenvalue weighted by atomic mass is 10.1. The summed E-state index contributed by atoms with van der Waals surface area (Å²) in [6.07, 6.45) is 0.440. The smallest absolute Gasteiger partial charge is 0.273 e. The van der Waals surface area contributed by atoms with Crippen LogP contribution in [0, 0.1) is 12.7 Å². The van der Waals surface area contributed by atoms with Gasteiger partial charge in [0.2, 0.25) is 0 Å². The van der Waals surface area contributed by atoms with Crippen LogP contribution in [0.2, 0.25) is 0 Å². The van der Waals surface area contributed by atoms with Crippen molar-refractivity contribution in [3.8, 4) is 0 Å². The van der Waals surface area contributed by atoms with E-state index in [4.69, 9.17) is 0 Å². The zero-order valence-corrected chi connectivity index (χ0v) is 9.90. The van der Waals surface area contributed by atoms with E-state index in [1.165, 1.54) is 6.07 Å². The highest BCUT2D eigenvalue weighted by Crippen LogP contribution is 2.06. The zero-order chi connectivity index (χ0) is 13.0. The lowest BCUT2D eigenvalue weighted by Gasteiger charge is -2.04. The van der Waals surface area contributed by atoms with E-state index < -0.39 is 0 Å². The molecule has 0 spiro atoms. The van der Waals surface area contributed by atoms with E-state index >= 15 is 0 Å². The topological polar surface area (TPSA) is 70.7 Å². The van der Waals surface area contributed by atoms with Crippen LogP contribution in [-0.4, -0.2) is 27.9 Å². The van der Waals surface area contributed by atoms with E-state index in [0.29, 0.717) is 24.2 Å². The number of nitrogens with one attached hydrogen (secondary N) is 2. The van der Waals surface area contributed by atoms with Gasteiger partial charge in [-0.15, -0.1) is 0 Å². The maximum atomic E-state index is 13.3. The predicted octanol–water partition coefficient (Wildman–Crippen LogP) is 1.22. The van der Waals surface area contributed by atoms with Crippen molar-refractivity contribution in [3.05, 3.63) is 47.0 Å². The van der Waals surface area contributed by atoms with Gasteiger partial charge in [0.15, 0.2) is 5.69 Å². The monoisotopic (exact) mass is 248 g/mol. The molecule has 1 aromatic carbocycles. The number of amides is 1. The number of halogens is 1. The minimum absolute atomic E-state index is 0.260. The molecule has 0 radical (unpaired) electrons. The van der Waals surface area contributed by atoms with Crippen LogP contribution in [0.1, 0.15) is 21.7 Å². The van der Waals surface area contributed by atoms with Gasteiger partial charge in [-0.3, -0.25) is 4.79 Å². The van der Waals surface area contributed by atoms with Crippen LogP contribution in [-0.2, 0) is 6.42 Å². The number of carbonyl (C=O) groups is 1. The van der Waals surface area contributed by atoms with Crippen molar-refractivity contribution in [3.63, 3.8) is 0 Å². The van der Waals surface area contributed by atoms with Crippen molar-refractivity contribution < 1.29 is 9.18 Å². The minimum atomic E-state index is -0.308. The number of nitrogens with zero attached hydrogens (tertiary/aromatic N) is 2. The summed E-state index contributed by atoms with van der Waals surface area (Å²) in [5.74, 6) is -0.568. The van der Waals surface area contributed by atoms with Gasteiger partial charge in [0, 0.05) is 6.54 Å². The average molecular weight is 248 g/mol. The maximum Gasteiger partial charge on any atom is 0.273 e. The van der Waals surface area contributed by atoms with Crippen LogP contribution < -0.4 is 5.32 Å². The SMILES string of the molecule is Cc1n[nH]nc1C(=O)NCCc1ccccc1F. The third-order valence-corrected chi connectivity index (χ3v) is 2.58. The first-order valence-corrected chi connectivity index (χ1v) is 5.57. The number of carbonyl (C=O) groups excluding carboxylic acids is 1. The molecule has 1 amide bonds. The number of hydrogen-bond acceptors (Lipinski definition) is 3. The highest BCUT2D eigenvalue weighted by molar-refractivity contribution is 5.93. The lowest BCUT2D eigenvalue weighted by molar-refractivity contribution is 0.0948. The molecule has 5 nitrogen and oxygen atoms in total. The molecule has 0 aliphatic heterocycles. The van der Waals surface area contributed by atoms with E-state index in [1.54, 1.807) is 25.1 Å². The third-order valence-electron chi connectivity index (χ3n) is 2.58. The molecule has 0 aliphatic rings. The van der Waals surface area contributed by atoms with E-state index in [2.05, 4.69) is 20.7 Å². The molecule has 0 unspecified atom stereocenters. The fourth-order valence-electron chi connectivity index (χ4n) is 1.59. The van der Waals surface area contributed by atoms with Gasteiger partial charge in [-0.2, -0.15) is 15.4 Å². The molecule has 0 saturated heterocycles. The van der Waals surface area contributed by atoms with Crippen LogP contribution in [0.3, 0.4) is 0 Å². The maximum absolute atomic E-state index is 13.3. The van der Waals surface area contributed by atoms with Gasteiger partial charge in [0.05, 0.1) is 5.69 Å². The first kappa shape index (κ1) is 12.2. The Morgan fingerprint density at radius 2 is 2.17 bits per heavy atom. The molecule has 1 heterocycles. The Kier molecular flexibility index (Phi) is 3.66. The molecular weight excluding hydrogens is 235 g/mol. The van der Waals surface area contributed by atoms with E-state index in [9.17, 15) is 9.18 Å². The molecular formula is C12H13FN4O. The Bertz CT molecular complexity index is 553. The van der Waals surface area contributed by atoms with Gasteiger partial charge < -0.3 is 5.32 Å². The van der Waals surface area contributed by atoms with Gasteiger partial charge in [-0.25, -0.2) is 4.39 Å². The number of aromatic amines is 1. The Morgan fingerprint density at radius 1 is 1.39 bits per heavy atom. The van der Waals surface area contributed by atoms with E-state index in [1.807, 2.05) is 0 Å². The van der Waals surface area contributed by atoms with Crippen LogP contribution >= 0.6 is 0 Å². The highest BCUT2D eigenvalue weighted by atomic mass is 19.1. The van der Waals surface area contributed by atoms with Gasteiger partial charge >= 0.3 is 0 Å². The second kappa shape index (κ2) is 5.39. The van der Waals surface area contributed by atoms with Gasteiger partial charge in [-0.05, 0) is 25.0 Å². The molecule has 0 aliphatic carbocycles. The molecule has 18 heavy (non-hydrogen) atoms. The van der Waals surface area contributed by atoms with Crippen molar-refractivity contribution in [1.82, 2.24) is 20.7 Å². The molecule has 2 N–H and O–H groups in total. The fraction of sp³-hybridized carbons (Fsp3) is 0.250. The predicted molar refractivity (Wildman–Crippen MR) is 63.6 cm³/mol. The van der Waals surface area contributed by atoms with Crippen molar-refractivity contribution in [1.29, 1.82) is 0 Å². The molecule has 1 aromatic heterocycles. The first-order valence-electron chi connectivity index (χ1n) is 5.57. The number of benzene rings is 1. The Hall–Kier alpha value is -2.24. The number of rotatable bonds is 4. The second-order valence-corrected chi connectivity index (χ2v) is 3.85. The van der Waals surface area contributed by atoms with Crippen molar-refractivity contribution >= 4 is 5.91 Å². The molecule has 0 bridgehead atoms. The molecule has 2 rings (SSSR count). The molecule has 0 saturated carbocycles. The first-order chi connectivity index (χ1) is 8.68. The number of H-pyrrole nitrogens is 1. The molecule has 0 fully saturated rings. The van der Waals surface area contributed by atoms with Crippen LogP contribution in [0.5, 0.6) is 0 Å². The van der Waals surface area contributed by atoms with Crippen LogP contribution in [0.15, 0.2) is 24.3 Å². The zero-order valence-electron chi connectivity index (χ0n) is 9.90. The standard InChI is InChI=1S/C12H13FN4O/c1-8-11(16-17-15-8)12(18)14-7-6-9-4-2-3-5-10(9)13/h2-5H,6-7H2,1H3,(H,14,18)(H,15,16,17). The fourth-order valence-corrected chi connectivity index (χ4v) is 1.59. The van der Waals surface area contributed by atoms with Crippen molar-refractivity contribution in [2.75, 3.05) is 6.54 Å². The summed E-state index contributed by atoms with van der Waals surface area (Å²) in [7, 11) is 0. The summed E-state index contributed by atoms with van der Waals surface area (Å²) in [4.78, 5) is 11.7. The largest absolute Gasteiger partial charge is 0.350 e. The summed E-state index contributed by atoms with van der Waals surface area (Å²) < 4.78 is 13.3. The molecule has 6 heteroatoms. The molecule has 0 atom stereocenters. The Labute approximate surface area is 103 Å². The Morgan fingerprint density at radius 3 is 2.83 bits per heavy atom. The van der Waals surface area contributed by atoms with Gasteiger partial charge in [0.25, 0.3) is 5.91 Å². The number of hydrogen-bond donors (Lipinski definition) is 2. The third kappa shape index (κ3) is 2.71. The summed E-state index contributed by atoms with van der Waals surface area (Å²) in [6.45, 7) is 2.04. The van der Waals surface area contributed by atoms with E-state index in [0.717, 1.165) is 0 Å². The Balaban J connectivity index is 1.88. The summed E-state index contributed by atoms with van der Waals surface area (Å²) in [6, 6.07) is 6.50. The summed E-state index contributed by atoms with van der Waals surface area (Å²) >= 11 is 0. The van der Waals surface area contributed by atoms with Crippen LogP contribution in [0.4, 0.5) is 4.39 Å². The lowest BCUT2D eigenvalue weighted by Crippen LogP contribution is -2.26. The second-order valence-electron chi connectivity index (χ2n) is 3.85. The quantitative estimate of drug-likeness (QED) is 0.854. The normalized spacial score (nSPS) is 10.3. The van der Waals surface area contributed by atoms with Crippen LogP contribution in [0.25, 0.3) is 0 Å². The van der Waals surface area contributed by atoms with Gasteiger partial charge in [0.1, 0.15) is 5.82 Å². The number of aromatic nitrogens is 3. The van der Waals surface area contributed by atoms with Crippen molar-refractivity contribution in [2.45, 2.75) is 13.3 Å². The number of aryl methyl sites for hydroxylation is 1. The average Bonchev–Trinajstić information content (AvgIpc) is 2.78. The molecule has 94 valence electrons. The van der Waals surface area contributed by atoms with Crippen molar-refractivity contribution in [2.24, 2.45) is 0 Å². The summed E-state index contributed by atoms with van der Waals surface area (Å²) in [5.41, 5.74) is 1.39. The molecule has 2 aromatic rings. The minimum Gasteiger partial charge on any atom is -0.350 e. The highest BCUT2D eigenvalue weighted by Gasteiger charge is 2.12. The van der Waals surface area contributed by atoms with E-state index in [-0.39, 0.29) is 17.4 Å². The summed E-state index contributed by atoms with van der Waals surface area (Å²) in [5, 5.41) is 12.5. The van der Waals surface area contributed by atoms with Gasteiger partial charge in [-0.1, -0.05) is 18.2 Å².